The lowest BCUT2D eigenvalue weighted by Gasteiger charge is -2.39. The average Bonchev–Trinajstić information content (AvgIpc) is 3.03. The van der Waals surface area contributed by atoms with E-state index in [9.17, 15) is 8.78 Å². The lowest BCUT2D eigenvalue weighted by Crippen LogP contribution is -2.49. The number of nitrogens with two attached hydrogens (primary N) is 1. The van der Waals surface area contributed by atoms with Gasteiger partial charge in [0.15, 0.2) is 0 Å². The molecule has 4 rings (SSSR count). The molecule has 3 unspecified atom stereocenters. The van der Waals surface area contributed by atoms with Crippen LogP contribution in [-0.2, 0) is 4.74 Å². The quantitative estimate of drug-likeness (QED) is 0.890. The zero-order valence-electron chi connectivity index (χ0n) is 14.5. The summed E-state index contributed by atoms with van der Waals surface area (Å²) in [5, 5.41) is 0. The molecule has 0 amide bonds. The van der Waals surface area contributed by atoms with E-state index >= 15 is 0 Å². The van der Waals surface area contributed by atoms with Crippen LogP contribution in [0.2, 0.25) is 0 Å². The third-order valence-electron chi connectivity index (χ3n) is 5.77. The van der Waals surface area contributed by atoms with Crippen LogP contribution in [0.4, 0.5) is 8.78 Å². The van der Waals surface area contributed by atoms with Gasteiger partial charge in [0, 0.05) is 50.0 Å². The second kappa shape index (κ2) is 6.67. The Hall–Kier alpha value is -1.50. The van der Waals surface area contributed by atoms with Gasteiger partial charge in [-0.25, -0.2) is 8.78 Å². The molecule has 1 fully saturated rings. The molecule has 1 aromatic carbocycles. The number of rotatable bonds is 2. The predicted molar refractivity (Wildman–Crippen MR) is 91.9 cm³/mol. The number of ether oxygens (including phenoxy) is 1. The van der Waals surface area contributed by atoms with Crippen molar-refractivity contribution in [2.75, 3.05) is 33.3 Å². The molecule has 2 N–H and O–H groups in total. The van der Waals surface area contributed by atoms with E-state index in [1.807, 2.05) is 0 Å². The molecule has 136 valence electrons. The van der Waals surface area contributed by atoms with Crippen LogP contribution in [0, 0.1) is 11.6 Å². The van der Waals surface area contributed by atoms with Gasteiger partial charge in [0.1, 0.15) is 17.7 Å². The third kappa shape index (κ3) is 3.18. The molecule has 1 saturated heterocycles. The Bertz CT molecular complexity index is 693. The third-order valence-corrected chi connectivity index (χ3v) is 5.77. The smallest absolute Gasteiger partial charge is 0.129 e. The minimum Gasteiger partial charge on any atom is -0.377 e. The van der Waals surface area contributed by atoms with Crippen LogP contribution in [0.1, 0.15) is 30.9 Å². The van der Waals surface area contributed by atoms with Crippen LogP contribution >= 0.6 is 0 Å². The van der Waals surface area contributed by atoms with Gasteiger partial charge in [-0.05, 0) is 43.0 Å². The number of hydrogen-bond donors (Lipinski definition) is 1. The van der Waals surface area contributed by atoms with Gasteiger partial charge < -0.3 is 15.4 Å². The molecular formula is C19H25F2N3O. The molecule has 4 nitrogen and oxygen atoms in total. The molecule has 0 radical (unpaired) electrons. The van der Waals surface area contributed by atoms with Crippen molar-refractivity contribution in [3.63, 3.8) is 0 Å². The maximum atomic E-state index is 14.0. The zero-order valence-corrected chi connectivity index (χ0v) is 14.5. The molecule has 0 bridgehead atoms. The van der Waals surface area contributed by atoms with Gasteiger partial charge in [-0.2, -0.15) is 0 Å². The van der Waals surface area contributed by atoms with Gasteiger partial charge >= 0.3 is 0 Å². The van der Waals surface area contributed by atoms with Gasteiger partial charge in [-0.15, -0.1) is 0 Å². The molecule has 6 heteroatoms. The summed E-state index contributed by atoms with van der Waals surface area (Å²) in [4.78, 5) is 4.78. The highest BCUT2D eigenvalue weighted by Gasteiger charge is 2.37. The van der Waals surface area contributed by atoms with Crippen LogP contribution in [0.15, 0.2) is 29.5 Å². The van der Waals surface area contributed by atoms with Crippen molar-refractivity contribution in [3.8, 4) is 0 Å². The lowest BCUT2D eigenvalue weighted by atomic mass is 9.93. The summed E-state index contributed by atoms with van der Waals surface area (Å²) in [6, 6.07) is 3.34. The number of halogens is 2. The number of nitrogens with zero attached hydrogens (tertiary/aromatic N) is 2. The monoisotopic (exact) mass is 349 g/mol. The molecule has 0 saturated carbocycles. The molecular weight excluding hydrogens is 324 g/mol. The molecule has 1 aromatic rings. The largest absolute Gasteiger partial charge is 0.377 e. The molecule has 3 atom stereocenters. The SMILES string of the molecule is CN1CCCC2=C1CN(C1COC(c3cc(F)ccc3F)C(N)C1)C2. The first-order valence-corrected chi connectivity index (χ1v) is 9.01. The first kappa shape index (κ1) is 16.9. The molecule has 0 aliphatic carbocycles. The summed E-state index contributed by atoms with van der Waals surface area (Å²) in [6.07, 6.45) is 2.53. The fraction of sp³-hybridized carbons (Fsp3) is 0.579. The molecule has 3 aliphatic rings. The minimum absolute atomic E-state index is 0.224. The Kier molecular flexibility index (Phi) is 4.52. The van der Waals surface area contributed by atoms with Gasteiger partial charge in [0.25, 0.3) is 0 Å². The average molecular weight is 349 g/mol. The van der Waals surface area contributed by atoms with E-state index < -0.39 is 17.7 Å². The van der Waals surface area contributed by atoms with Crippen LogP contribution in [0.5, 0.6) is 0 Å². The molecule has 3 heterocycles. The fourth-order valence-corrected chi connectivity index (χ4v) is 4.38. The molecule has 0 spiro atoms. The highest BCUT2D eigenvalue weighted by atomic mass is 19.1. The standard InChI is InChI=1S/C19H25F2N3O/c1-23-6-2-3-12-9-24(10-18(12)23)14-8-17(22)19(25-11-14)15-7-13(20)4-5-16(15)21/h4-5,7,14,17,19H,2-3,6,8-11,22H2,1H3. The number of likely N-dealkylation sites (N-methyl/N-ethyl adjacent to an activating group) is 1. The second-order valence-corrected chi connectivity index (χ2v) is 7.45. The summed E-state index contributed by atoms with van der Waals surface area (Å²) in [5.74, 6) is -0.922. The van der Waals surface area contributed by atoms with Gasteiger partial charge in [-0.1, -0.05) is 0 Å². The lowest BCUT2D eigenvalue weighted by molar-refractivity contribution is -0.0468. The van der Waals surface area contributed by atoms with E-state index in [-0.39, 0.29) is 17.6 Å². The Labute approximate surface area is 147 Å². The molecule has 0 aromatic heterocycles. The first-order valence-electron chi connectivity index (χ1n) is 9.01. The summed E-state index contributed by atoms with van der Waals surface area (Å²) >= 11 is 0. The zero-order chi connectivity index (χ0) is 17.6. The van der Waals surface area contributed by atoms with Crippen LogP contribution in [-0.4, -0.2) is 55.2 Å². The first-order chi connectivity index (χ1) is 12.0. The number of hydrogen-bond acceptors (Lipinski definition) is 4. The van der Waals surface area contributed by atoms with Crippen molar-refractivity contribution in [1.29, 1.82) is 0 Å². The minimum atomic E-state index is -0.584. The Balaban J connectivity index is 1.43. The summed E-state index contributed by atoms with van der Waals surface area (Å²) in [7, 11) is 2.16. The van der Waals surface area contributed by atoms with E-state index in [1.54, 1.807) is 0 Å². The maximum absolute atomic E-state index is 14.0. The number of benzene rings is 1. The molecule has 25 heavy (non-hydrogen) atoms. The fourth-order valence-electron chi connectivity index (χ4n) is 4.38. The van der Waals surface area contributed by atoms with Crippen molar-refractivity contribution in [1.82, 2.24) is 9.80 Å². The topological polar surface area (TPSA) is 41.7 Å². The predicted octanol–water partition coefficient (Wildman–Crippen LogP) is 2.42. The molecule has 3 aliphatic heterocycles. The van der Waals surface area contributed by atoms with E-state index in [2.05, 4.69) is 16.8 Å². The van der Waals surface area contributed by atoms with Crippen LogP contribution in [0.3, 0.4) is 0 Å². The van der Waals surface area contributed by atoms with Crippen molar-refractivity contribution >= 4 is 0 Å². The van der Waals surface area contributed by atoms with Crippen molar-refractivity contribution in [3.05, 3.63) is 46.7 Å². The normalized spacial score (nSPS) is 30.7. The second-order valence-electron chi connectivity index (χ2n) is 7.45. The van der Waals surface area contributed by atoms with E-state index in [1.165, 1.54) is 30.2 Å². The summed E-state index contributed by atoms with van der Waals surface area (Å²) < 4.78 is 33.4. The maximum Gasteiger partial charge on any atom is 0.129 e. The Morgan fingerprint density at radius 2 is 2.08 bits per heavy atom. The van der Waals surface area contributed by atoms with Gasteiger partial charge in [-0.3, -0.25) is 4.90 Å². The van der Waals surface area contributed by atoms with Crippen molar-refractivity contribution in [2.45, 2.75) is 37.5 Å². The van der Waals surface area contributed by atoms with E-state index in [0.717, 1.165) is 38.2 Å². The van der Waals surface area contributed by atoms with E-state index in [0.29, 0.717) is 6.61 Å². The van der Waals surface area contributed by atoms with Crippen molar-refractivity contribution in [2.24, 2.45) is 5.73 Å². The van der Waals surface area contributed by atoms with Gasteiger partial charge in [0.2, 0.25) is 0 Å². The van der Waals surface area contributed by atoms with Crippen LogP contribution in [0.25, 0.3) is 0 Å². The summed E-state index contributed by atoms with van der Waals surface area (Å²) in [5.41, 5.74) is 9.49. The van der Waals surface area contributed by atoms with Gasteiger partial charge in [0.05, 0.1) is 6.61 Å². The van der Waals surface area contributed by atoms with E-state index in [4.69, 9.17) is 10.5 Å². The highest BCUT2D eigenvalue weighted by molar-refractivity contribution is 5.26. The highest BCUT2D eigenvalue weighted by Crippen LogP contribution is 2.35. The van der Waals surface area contributed by atoms with Crippen molar-refractivity contribution < 1.29 is 13.5 Å². The Morgan fingerprint density at radius 3 is 2.84 bits per heavy atom. The Morgan fingerprint density at radius 1 is 1.24 bits per heavy atom. The summed E-state index contributed by atoms with van der Waals surface area (Å²) in [6.45, 7) is 3.53. The van der Waals surface area contributed by atoms with Crippen LogP contribution < -0.4 is 5.73 Å².